The lowest BCUT2D eigenvalue weighted by Crippen LogP contribution is -1.84. The third-order valence-corrected chi connectivity index (χ3v) is 5.73. The van der Waals surface area contributed by atoms with E-state index in [1.54, 1.807) is 0 Å². The molecule has 0 heterocycles. The van der Waals surface area contributed by atoms with Crippen LogP contribution in [-0.4, -0.2) is 0 Å². The monoisotopic (exact) mass is 388 g/mol. The Morgan fingerprint density at radius 3 is 0.857 bits per heavy atom. The van der Waals surface area contributed by atoms with E-state index in [1.807, 2.05) is 0 Å². The predicted octanol–water partition coefficient (Wildman–Crippen LogP) is 10.0. The highest BCUT2D eigenvalue weighted by molar-refractivity contribution is 4.98. The fourth-order valence-corrected chi connectivity index (χ4v) is 3.79. The fraction of sp³-hybridized carbons (Fsp3) is 0.857. The molecule has 0 heteroatoms. The highest BCUT2D eigenvalue weighted by Crippen LogP contribution is 2.14. The second-order valence-electron chi connectivity index (χ2n) is 8.63. The molecule has 0 rings (SSSR count). The Morgan fingerprint density at radius 2 is 0.536 bits per heavy atom. The van der Waals surface area contributed by atoms with Crippen molar-refractivity contribution < 1.29 is 0 Å². The topological polar surface area (TPSA) is 0 Å². The maximum atomic E-state index is 3.91. The highest BCUT2D eigenvalue weighted by atomic mass is 14.0. The second-order valence-corrected chi connectivity index (χ2v) is 8.63. The Bertz CT molecular complexity index is 319. The molecule has 0 aliphatic carbocycles. The van der Waals surface area contributed by atoms with Crippen LogP contribution in [0.3, 0.4) is 0 Å². The number of unbranched alkanes of at least 4 members (excludes halogenated alkanes) is 22. The van der Waals surface area contributed by atoms with Crippen LogP contribution in [0.15, 0.2) is 0 Å². The zero-order valence-corrected chi connectivity index (χ0v) is 19.4. The van der Waals surface area contributed by atoms with Crippen LogP contribution in [0.5, 0.6) is 0 Å². The van der Waals surface area contributed by atoms with E-state index in [-0.39, 0.29) is 0 Å². The summed E-state index contributed by atoms with van der Waals surface area (Å²) in [7, 11) is 0. The van der Waals surface area contributed by atoms with Crippen LogP contribution in [0.4, 0.5) is 0 Å². The average Bonchev–Trinajstić information content (AvgIpc) is 2.71. The smallest absolute Gasteiger partial charge is 0.00886 e. The van der Waals surface area contributed by atoms with Gasteiger partial charge in [-0.25, -0.2) is 0 Å². The fourth-order valence-electron chi connectivity index (χ4n) is 3.79. The van der Waals surface area contributed by atoms with Crippen LogP contribution < -0.4 is 0 Å². The molecule has 0 unspecified atom stereocenters. The summed E-state index contributed by atoms with van der Waals surface area (Å²) in [6.07, 6.45) is 32.7. The molecule has 0 aliphatic rings. The van der Waals surface area contributed by atoms with Gasteiger partial charge in [-0.15, -0.1) is 11.8 Å². The van der Waals surface area contributed by atoms with Gasteiger partial charge in [0.1, 0.15) is 0 Å². The average molecular weight is 389 g/mol. The Morgan fingerprint density at radius 1 is 0.286 bits per heavy atom. The molecule has 0 fully saturated rings. The number of hydrogen-bond acceptors (Lipinski definition) is 0. The molecule has 0 aliphatic heterocycles. The summed E-state index contributed by atoms with van der Waals surface area (Å²) in [5.74, 6) is 6.55. The van der Waals surface area contributed by atoms with Crippen molar-refractivity contribution in [3.05, 3.63) is 13.8 Å². The van der Waals surface area contributed by atoms with Crippen LogP contribution in [0.1, 0.15) is 154 Å². The molecular weight excluding hydrogens is 336 g/mol. The van der Waals surface area contributed by atoms with Crippen LogP contribution in [0, 0.1) is 25.7 Å². The first kappa shape index (κ1) is 27.6. The molecule has 0 saturated carbocycles. The Hall–Kier alpha value is -0.440. The summed E-state index contributed by atoms with van der Waals surface area (Å²) >= 11 is 0. The first-order valence-corrected chi connectivity index (χ1v) is 13.0. The van der Waals surface area contributed by atoms with Gasteiger partial charge in [0, 0.05) is 12.8 Å². The van der Waals surface area contributed by atoms with Crippen LogP contribution in [0.2, 0.25) is 0 Å². The minimum atomic E-state index is 1.02. The zero-order valence-electron chi connectivity index (χ0n) is 19.4. The summed E-state index contributed by atoms with van der Waals surface area (Å²) in [5.41, 5.74) is 0. The largest absolute Gasteiger partial charge is 0.103 e. The lowest BCUT2D eigenvalue weighted by Gasteiger charge is -2.04. The van der Waals surface area contributed by atoms with Gasteiger partial charge in [-0.1, -0.05) is 142 Å². The molecular formula is C28H52. The lowest BCUT2D eigenvalue weighted by atomic mass is 10.0. The maximum absolute atomic E-state index is 3.91. The normalized spacial score (nSPS) is 10.8. The van der Waals surface area contributed by atoms with Crippen LogP contribution >= 0.6 is 0 Å². The summed E-state index contributed by atoms with van der Waals surface area (Å²) in [6, 6.07) is 0. The summed E-state index contributed by atoms with van der Waals surface area (Å²) in [6.45, 7) is 7.75. The van der Waals surface area contributed by atoms with E-state index in [1.165, 1.54) is 122 Å². The predicted molar refractivity (Wildman–Crippen MR) is 129 cm³/mol. The van der Waals surface area contributed by atoms with Gasteiger partial charge in [0.25, 0.3) is 0 Å². The summed E-state index contributed by atoms with van der Waals surface area (Å²) in [5, 5.41) is 0. The van der Waals surface area contributed by atoms with E-state index in [4.69, 9.17) is 0 Å². The second kappa shape index (κ2) is 26.6. The molecule has 0 nitrogen and oxygen atoms in total. The Balaban J connectivity index is 3.02. The minimum absolute atomic E-state index is 1.02. The molecule has 0 amide bonds. The van der Waals surface area contributed by atoms with Crippen LogP contribution in [0.25, 0.3) is 0 Å². The Labute approximate surface area is 180 Å². The minimum Gasteiger partial charge on any atom is -0.103 e. The first-order valence-electron chi connectivity index (χ1n) is 13.0. The van der Waals surface area contributed by atoms with E-state index >= 15 is 0 Å². The van der Waals surface area contributed by atoms with Crippen molar-refractivity contribution in [3.8, 4) is 11.8 Å². The molecule has 0 atom stereocenters. The maximum Gasteiger partial charge on any atom is 0.00886 e. The molecule has 2 radical (unpaired) electrons. The molecule has 0 aromatic rings. The van der Waals surface area contributed by atoms with Crippen molar-refractivity contribution in [1.29, 1.82) is 0 Å². The molecule has 0 aromatic heterocycles. The lowest BCUT2D eigenvalue weighted by molar-refractivity contribution is 0.523. The van der Waals surface area contributed by atoms with Crippen molar-refractivity contribution in [2.24, 2.45) is 0 Å². The third-order valence-electron chi connectivity index (χ3n) is 5.73. The van der Waals surface area contributed by atoms with Gasteiger partial charge in [0.15, 0.2) is 0 Å². The molecule has 164 valence electrons. The molecule has 0 spiro atoms. The first-order chi connectivity index (χ1) is 13.9. The van der Waals surface area contributed by atoms with Gasteiger partial charge in [0.2, 0.25) is 0 Å². The summed E-state index contributed by atoms with van der Waals surface area (Å²) in [4.78, 5) is 0. The van der Waals surface area contributed by atoms with Gasteiger partial charge in [-0.3, -0.25) is 0 Å². The van der Waals surface area contributed by atoms with E-state index < -0.39 is 0 Å². The van der Waals surface area contributed by atoms with E-state index in [0.717, 1.165) is 32.1 Å². The van der Waals surface area contributed by atoms with Crippen molar-refractivity contribution in [3.63, 3.8) is 0 Å². The van der Waals surface area contributed by atoms with Gasteiger partial charge < -0.3 is 0 Å². The van der Waals surface area contributed by atoms with Gasteiger partial charge in [-0.05, 0) is 12.8 Å². The van der Waals surface area contributed by atoms with E-state index in [0.29, 0.717) is 0 Å². The third kappa shape index (κ3) is 25.6. The molecule has 0 bridgehead atoms. The molecule has 28 heavy (non-hydrogen) atoms. The standard InChI is InChI=1S/C28H52/c1-3-5-7-9-11-13-15-17-19-21-23-25-27-28-26-24-22-20-18-16-14-12-10-8-6-4-2/h1-9,11,13-28H2. The van der Waals surface area contributed by atoms with E-state index in [9.17, 15) is 0 Å². The van der Waals surface area contributed by atoms with Crippen molar-refractivity contribution in [2.45, 2.75) is 154 Å². The van der Waals surface area contributed by atoms with Crippen LogP contribution in [-0.2, 0) is 0 Å². The van der Waals surface area contributed by atoms with Gasteiger partial charge in [-0.2, -0.15) is 0 Å². The quantitative estimate of drug-likeness (QED) is 0.128. The van der Waals surface area contributed by atoms with E-state index in [2.05, 4.69) is 25.7 Å². The van der Waals surface area contributed by atoms with Gasteiger partial charge in [0.05, 0.1) is 0 Å². The number of rotatable bonds is 22. The van der Waals surface area contributed by atoms with Crippen molar-refractivity contribution in [2.75, 3.05) is 0 Å². The zero-order chi connectivity index (χ0) is 20.4. The highest BCUT2D eigenvalue weighted by Gasteiger charge is 1.95. The Kier molecular flexibility index (Phi) is 26.1. The molecule has 0 saturated heterocycles. The number of hydrogen-bond donors (Lipinski definition) is 0. The molecule has 0 aromatic carbocycles. The SMILES string of the molecule is [CH2]CCCC#CCCCCCCCCCCCCCCCCCCCCC[CH2]. The van der Waals surface area contributed by atoms with Gasteiger partial charge >= 0.3 is 0 Å². The molecule has 0 N–H and O–H groups in total. The van der Waals surface area contributed by atoms with Crippen molar-refractivity contribution in [1.82, 2.24) is 0 Å². The summed E-state index contributed by atoms with van der Waals surface area (Å²) < 4.78 is 0. The van der Waals surface area contributed by atoms with Crippen molar-refractivity contribution >= 4 is 0 Å².